The Bertz CT molecular complexity index is 1110. The van der Waals surface area contributed by atoms with E-state index in [9.17, 15) is 14.7 Å². The maximum Gasteiger partial charge on any atom is 0.257 e. The van der Waals surface area contributed by atoms with Gasteiger partial charge in [-0.15, -0.1) is 0 Å². The topological polar surface area (TPSA) is 98.7 Å². The molecule has 1 aliphatic rings. The van der Waals surface area contributed by atoms with Crippen molar-refractivity contribution in [3.05, 3.63) is 47.5 Å². The van der Waals surface area contributed by atoms with Crippen LogP contribution < -0.4 is 10.2 Å². The third-order valence-electron chi connectivity index (χ3n) is 5.36. The van der Waals surface area contributed by atoms with E-state index in [1.807, 2.05) is 17.0 Å². The number of aliphatic hydroxyl groups is 1. The zero-order valence-electron chi connectivity index (χ0n) is 17.8. The van der Waals surface area contributed by atoms with Crippen LogP contribution >= 0.6 is 11.3 Å². The highest BCUT2D eigenvalue weighted by atomic mass is 32.1. The first-order chi connectivity index (χ1) is 14.7. The van der Waals surface area contributed by atoms with Gasteiger partial charge in [-0.2, -0.15) is 0 Å². The van der Waals surface area contributed by atoms with Gasteiger partial charge in [0, 0.05) is 38.7 Å². The number of carbonyl (C=O) groups is 2. The minimum atomic E-state index is -0.954. The standard InChI is InChI=1S/C22H25N5O3S/c1-14(28)26-10-12-27(13-11-26)18-9-8-17-20(24-18)31-21(23-17)25-19(29)15-4-6-16(7-5-15)22(2,3)30/h4-9,30H,10-13H2,1-3H3,(H,23,25,29). The van der Waals surface area contributed by atoms with Crippen molar-refractivity contribution in [1.82, 2.24) is 14.9 Å². The number of carbonyl (C=O) groups excluding carboxylic acids is 2. The summed E-state index contributed by atoms with van der Waals surface area (Å²) >= 11 is 1.33. The molecule has 3 heterocycles. The molecule has 9 heteroatoms. The van der Waals surface area contributed by atoms with Gasteiger partial charge in [0.25, 0.3) is 5.91 Å². The molecule has 0 radical (unpaired) electrons. The van der Waals surface area contributed by atoms with Crippen molar-refractivity contribution in [2.75, 3.05) is 36.4 Å². The van der Waals surface area contributed by atoms with E-state index >= 15 is 0 Å². The van der Waals surface area contributed by atoms with Crippen LogP contribution in [-0.4, -0.2) is 58.0 Å². The molecule has 162 valence electrons. The molecule has 2 aromatic heterocycles. The number of pyridine rings is 1. The molecule has 0 bridgehead atoms. The maximum absolute atomic E-state index is 12.6. The molecule has 0 unspecified atom stereocenters. The Morgan fingerprint density at radius 3 is 2.32 bits per heavy atom. The summed E-state index contributed by atoms with van der Waals surface area (Å²) in [6, 6.07) is 10.7. The highest BCUT2D eigenvalue weighted by molar-refractivity contribution is 7.22. The molecular weight excluding hydrogens is 414 g/mol. The van der Waals surface area contributed by atoms with Crippen molar-refractivity contribution < 1.29 is 14.7 Å². The van der Waals surface area contributed by atoms with Crippen LogP contribution in [0.5, 0.6) is 0 Å². The smallest absolute Gasteiger partial charge is 0.257 e. The molecule has 0 spiro atoms. The third kappa shape index (κ3) is 4.67. The summed E-state index contributed by atoms with van der Waals surface area (Å²) < 4.78 is 0. The highest BCUT2D eigenvalue weighted by Crippen LogP contribution is 2.28. The zero-order valence-corrected chi connectivity index (χ0v) is 18.6. The van der Waals surface area contributed by atoms with Gasteiger partial charge in [0.2, 0.25) is 5.91 Å². The first-order valence-corrected chi connectivity index (χ1v) is 10.9. The lowest BCUT2D eigenvalue weighted by Crippen LogP contribution is -2.48. The minimum Gasteiger partial charge on any atom is -0.386 e. The zero-order chi connectivity index (χ0) is 22.2. The largest absolute Gasteiger partial charge is 0.386 e. The van der Waals surface area contributed by atoms with E-state index in [4.69, 9.17) is 4.98 Å². The van der Waals surface area contributed by atoms with Gasteiger partial charge in [-0.1, -0.05) is 23.5 Å². The second-order valence-corrected chi connectivity index (χ2v) is 9.07. The number of piperazine rings is 1. The Kier molecular flexibility index (Phi) is 5.63. The summed E-state index contributed by atoms with van der Waals surface area (Å²) in [4.78, 5) is 38.0. The van der Waals surface area contributed by atoms with Gasteiger partial charge in [-0.3, -0.25) is 14.9 Å². The summed E-state index contributed by atoms with van der Waals surface area (Å²) in [5.41, 5.74) is 1.00. The Morgan fingerprint density at radius 1 is 1.03 bits per heavy atom. The number of anilines is 2. The Morgan fingerprint density at radius 2 is 1.71 bits per heavy atom. The molecule has 1 aromatic carbocycles. The molecule has 0 saturated carbocycles. The molecule has 3 aromatic rings. The molecule has 1 aliphatic heterocycles. The van der Waals surface area contributed by atoms with Crippen LogP contribution in [-0.2, 0) is 10.4 Å². The Labute approximate surface area is 184 Å². The van der Waals surface area contributed by atoms with Crippen LogP contribution in [0.3, 0.4) is 0 Å². The van der Waals surface area contributed by atoms with Gasteiger partial charge in [-0.05, 0) is 43.7 Å². The molecule has 4 rings (SSSR count). The molecule has 8 nitrogen and oxygen atoms in total. The number of rotatable bonds is 4. The quantitative estimate of drug-likeness (QED) is 0.649. The Balaban J connectivity index is 1.46. The molecule has 1 fully saturated rings. The first-order valence-electron chi connectivity index (χ1n) is 10.1. The van der Waals surface area contributed by atoms with Crippen LogP contribution in [0.15, 0.2) is 36.4 Å². The van der Waals surface area contributed by atoms with Gasteiger partial charge in [0.05, 0.1) is 5.60 Å². The fourth-order valence-corrected chi connectivity index (χ4v) is 4.31. The van der Waals surface area contributed by atoms with E-state index in [0.29, 0.717) is 23.8 Å². The number of fused-ring (bicyclic) bond motifs is 1. The molecule has 31 heavy (non-hydrogen) atoms. The second kappa shape index (κ2) is 8.24. The number of hydrogen-bond donors (Lipinski definition) is 2. The molecule has 2 amide bonds. The fourth-order valence-electron chi connectivity index (χ4n) is 3.49. The average molecular weight is 440 g/mol. The van der Waals surface area contributed by atoms with Gasteiger partial charge in [0.15, 0.2) is 5.13 Å². The van der Waals surface area contributed by atoms with E-state index < -0.39 is 5.60 Å². The lowest BCUT2D eigenvalue weighted by Gasteiger charge is -2.34. The number of amides is 2. The molecule has 2 N–H and O–H groups in total. The summed E-state index contributed by atoms with van der Waals surface area (Å²) in [5.74, 6) is 0.682. The van der Waals surface area contributed by atoms with E-state index in [-0.39, 0.29) is 11.8 Å². The van der Waals surface area contributed by atoms with Crippen LogP contribution in [0.25, 0.3) is 10.3 Å². The third-order valence-corrected chi connectivity index (χ3v) is 6.24. The lowest BCUT2D eigenvalue weighted by molar-refractivity contribution is -0.129. The van der Waals surface area contributed by atoms with Crippen molar-refractivity contribution in [2.45, 2.75) is 26.4 Å². The number of nitrogens with one attached hydrogen (secondary N) is 1. The average Bonchev–Trinajstić information content (AvgIpc) is 3.14. The second-order valence-electron chi connectivity index (χ2n) is 8.10. The monoisotopic (exact) mass is 439 g/mol. The van der Waals surface area contributed by atoms with E-state index in [1.165, 1.54) is 11.3 Å². The molecular formula is C22H25N5O3S. The molecule has 0 atom stereocenters. The number of thiazole rings is 1. The number of nitrogens with zero attached hydrogens (tertiary/aromatic N) is 4. The number of hydrogen-bond acceptors (Lipinski definition) is 7. The van der Waals surface area contributed by atoms with Crippen molar-refractivity contribution >= 4 is 44.4 Å². The van der Waals surface area contributed by atoms with E-state index in [0.717, 1.165) is 34.8 Å². The highest BCUT2D eigenvalue weighted by Gasteiger charge is 2.21. The number of benzene rings is 1. The van der Waals surface area contributed by atoms with Crippen LogP contribution in [0, 0.1) is 0 Å². The van der Waals surface area contributed by atoms with Crippen molar-refractivity contribution in [3.63, 3.8) is 0 Å². The minimum absolute atomic E-state index is 0.0978. The van der Waals surface area contributed by atoms with Crippen molar-refractivity contribution in [2.24, 2.45) is 0 Å². The molecule has 1 saturated heterocycles. The van der Waals surface area contributed by atoms with Crippen LogP contribution in [0.2, 0.25) is 0 Å². The maximum atomic E-state index is 12.6. The summed E-state index contributed by atoms with van der Waals surface area (Å²) in [7, 11) is 0. The fraction of sp³-hybridized carbons (Fsp3) is 0.364. The Hall–Kier alpha value is -3.04. The number of aromatic nitrogens is 2. The van der Waals surface area contributed by atoms with Crippen LogP contribution in [0.1, 0.15) is 36.7 Å². The normalized spacial score (nSPS) is 14.7. The summed E-state index contributed by atoms with van der Waals surface area (Å²) in [6.45, 7) is 7.84. The van der Waals surface area contributed by atoms with Crippen molar-refractivity contribution in [1.29, 1.82) is 0 Å². The van der Waals surface area contributed by atoms with Gasteiger partial charge in [0.1, 0.15) is 16.2 Å². The summed E-state index contributed by atoms with van der Waals surface area (Å²) in [6.07, 6.45) is 0. The lowest BCUT2D eigenvalue weighted by atomic mass is 9.97. The van der Waals surface area contributed by atoms with Crippen LogP contribution in [0.4, 0.5) is 10.9 Å². The summed E-state index contributed by atoms with van der Waals surface area (Å²) in [5, 5.41) is 13.4. The van der Waals surface area contributed by atoms with E-state index in [2.05, 4.69) is 15.2 Å². The predicted octanol–water partition coefficient (Wildman–Crippen LogP) is 2.84. The predicted molar refractivity (Wildman–Crippen MR) is 122 cm³/mol. The van der Waals surface area contributed by atoms with Gasteiger partial charge < -0.3 is 14.9 Å². The first kappa shape index (κ1) is 21.2. The molecule has 0 aliphatic carbocycles. The van der Waals surface area contributed by atoms with E-state index in [1.54, 1.807) is 45.0 Å². The van der Waals surface area contributed by atoms with Gasteiger partial charge >= 0.3 is 0 Å². The van der Waals surface area contributed by atoms with Gasteiger partial charge in [-0.25, -0.2) is 9.97 Å². The SMILES string of the molecule is CC(=O)N1CCN(c2ccc3nc(NC(=O)c4ccc(C(C)(C)O)cc4)sc3n2)CC1. The van der Waals surface area contributed by atoms with Crippen molar-refractivity contribution in [3.8, 4) is 0 Å².